The van der Waals surface area contributed by atoms with Crippen molar-refractivity contribution in [2.75, 3.05) is 0 Å². The van der Waals surface area contributed by atoms with Crippen LogP contribution in [0, 0.1) is 11.8 Å². The van der Waals surface area contributed by atoms with Gasteiger partial charge in [-0.25, -0.2) is 0 Å². The number of hydrogen-bond donors (Lipinski definition) is 1. The lowest BCUT2D eigenvalue weighted by Crippen LogP contribution is -2.26. The van der Waals surface area contributed by atoms with Crippen molar-refractivity contribution < 1.29 is 24.0 Å². The van der Waals surface area contributed by atoms with E-state index in [1.165, 1.54) is 19.3 Å². The number of aromatic nitrogens is 1. The standard InChI is InChI=1S/C25H39NO5/c1-6-15(7-2)10-16-11-19(12-16)24-22(17-8-9-17)23(26-31-24)18(13-20(27)28)14-21(29)30-25(3,4)5/h15-19H,6-14H2,1-5H3,(H,27,28). The van der Waals surface area contributed by atoms with Gasteiger partial charge in [0, 0.05) is 17.4 Å². The summed E-state index contributed by atoms with van der Waals surface area (Å²) in [4.78, 5) is 24.0. The molecule has 2 aliphatic carbocycles. The molecule has 1 atom stereocenters. The van der Waals surface area contributed by atoms with Gasteiger partial charge in [-0.05, 0) is 70.6 Å². The van der Waals surface area contributed by atoms with Crippen LogP contribution in [0.15, 0.2) is 4.52 Å². The van der Waals surface area contributed by atoms with E-state index in [2.05, 4.69) is 19.0 Å². The number of esters is 1. The van der Waals surface area contributed by atoms with Crippen molar-refractivity contribution in [1.82, 2.24) is 5.16 Å². The van der Waals surface area contributed by atoms with Crippen molar-refractivity contribution in [3.63, 3.8) is 0 Å². The fourth-order valence-corrected chi connectivity index (χ4v) is 4.99. The number of carboxylic acid groups (broad SMARTS) is 1. The molecule has 31 heavy (non-hydrogen) atoms. The zero-order valence-corrected chi connectivity index (χ0v) is 19.8. The lowest BCUT2D eigenvalue weighted by molar-refractivity contribution is -0.155. The van der Waals surface area contributed by atoms with E-state index >= 15 is 0 Å². The Morgan fingerprint density at radius 2 is 1.77 bits per heavy atom. The highest BCUT2D eigenvalue weighted by Gasteiger charge is 2.42. The Morgan fingerprint density at radius 3 is 2.29 bits per heavy atom. The van der Waals surface area contributed by atoms with Crippen LogP contribution in [0.25, 0.3) is 0 Å². The molecule has 0 spiro atoms. The Hall–Kier alpha value is -1.85. The molecule has 1 aromatic heterocycles. The molecule has 0 aliphatic heterocycles. The molecule has 1 N–H and O–H groups in total. The third-order valence-corrected chi connectivity index (χ3v) is 6.84. The molecular weight excluding hydrogens is 394 g/mol. The summed E-state index contributed by atoms with van der Waals surface area (Å²) in [5.74, 6) is 1.43. The topological polar surface area (TPSA) is 89.6 Å². The SMILES string of the molecule is CCC(CC)CC1CC(c2onc(C(CC(=O)O)CC(=O)OC(C)(C)C)c2C2CC2)C1. The van der Waals surface area contributed by atoms with Gasteiger partial charge in [0.05, 0.1) is 18.5 Å². The van der Waals surface area contributed by atoms with Gasteiger partial charge in [0.15, 0.2) is 0 Å². The fraction of sp³-hybridized carbons (Fsp3) is 0.800. The number of carboxylic acids is 1. The molecule has 0 aromatic carbocycles. The normalized spacial score (nSPS) is 22.3. The summed E-state index contributed by atoms with van der Waals surface area (Å²) in [7, 11) is 0. The van der Waals surface area contributed by atoms with E-state index in [4.69, 9.17) is 9.26 Å². The predicted molar refractivity (Wildman–Crippen MR) is 118 cm³/mol. The minimum Gasteiger partial charge on any atom is -0.481 e. The zero-order chi connectivity index (χ0) is 22.8. The highest BCUT2D eigenvalue weighted by molar-refractivity contribution is 5.74. The summed E-state index contributed by atoms with van der Waals surface area (Å²) in [5, 5.41) is 13.8. The molecule has 1 heterocycles. The summed E-state index contributed by atoms with van der Waals surface area (Å²) < 4.78 is 11.3. The molecule has 1 aromatic rings. The molecule has 0 amide bonds. The third-order valence-electron chi connectivity index (χ3n) is 6.84. The number of carbonyl (C=O) groups is 2. The second-order valence-electron chi connectivity index (χ2n) is 10.7. The minimum absolute atomic E-state index is 0.0111. The van der Waals surface area contributed by atoms with Gasteiger partial charge in [-0.1, -0.05) is 31.8 Å². The minimum atomic E-state index is -0.936. The molecular formula is C25H39NO5. The molecule has 174 valence electrons. The summed E-state index contributed by atoms with van der Waals surface area (Å²) in [6.07, 6.45) is 8.03. The summed E-state index contributed by atoms with van der Waals surface area (Å²) >= 11 is 0. The second-order valence-corrected chi connectivity index (χ2v) is 10.7. The van der Waals surface area contributed by atoms with Crippen LogP contribution < -0.4 is 0 Å². The second kappa shape index (κ2) is 9.74. The van der Waals surface area contributed by atoms with E-state index in [0.717, 1.165) is 48.8 Å². The van der Waals surface area contributed by atoms with Crippen molar-refractivity contribution in [3.05, 3.63) is 17.0 Å². The molecule has 0 radical (unpaired) electrons. The van der Waals surface area contributed by atoms with Crippen LogP contribution in [0.4, 0.5) is 0 Å². The largest absolute Gasteiger partial charge is 0.481 e. The van der Waals surface area contributed by atoms with E-state index in [9.17, 15) is 14.7 Å². The van der Waals surface area contributed by atoms with Gasteiger partial charge in [0.1, 0.15) is 11.4 Å². The van der Waals surface area contributed by atoms with Gasteiger partial charge in [0.25, 0.3) is 0 Å². The molecule has 6 nitrogen and oxygen atoms in total. The van der Waals surface area contributed by atoms with Gasteiger partial charge in [-0.2, -0.15) is 0 Å². The van der Waals surface area contributed by atoms with Gasteiger partial charge >= 0.3 is 11.9 Å². The van der Waals surface area contributed by atoms with Gasteiger partial charge < -0.3 is 14.4 Å². The highest BCUT2D eigenvalue weighted by atomic mass is 16.6. The van der Waals surface area contributed by atoms with Crippen molar-refractivity contribution >= 4 is 11.9 Å². The lowest BCUT2D eigenvalue weighted by atomic mass is 9.68. The average molecular weight is 434 g/mol. The van der Waals surface area contributed by atoms with E-state index in [-0.39, 0.29) is 18.8 Å². The number of aliphatic carboxylic acids is 1. The van der Waals surface area contributed by atoms with Crippen LogP contribution in [0.2, 0.25) is 0 Å². The van der Waals surface area contributed by atoms with Crippen LogP contribution in [-0.2, 0) is 14.3 Å². The van der Waals surface area contributed by atoms with E-state index in [0.29, 0.717) is 17.5 Å². The van der Waals surface area contributed by atoms with E-state index in [1.807, 2.05) is 20.8 Å². The molecule has 2 aliphatic rings. The molecule has 0 bridgehead atoms. The fourth-order valence-electron chi connectivity index (χ4n) is 4.99. The van der Waals surface area contributed by atoms with Gasteiger partial charge in [-0.3, -0.25) is 9.59 Å². The number of hydrogen-bond acceptors (Lipinski definition) is 5. The Kier molecular flexibility index (Phi) is 7.48. The molecule has 2 fully saturated rings. The third kappa shape index (κ3) is 6.33. The predicted octanol–water partition coefficient (Wildman–Crippen LogP) is 6.16. The quantitative estimate of drug-likeness (QED) is 0.420. The van der Waals surface area contributed by atoms with Crippen LogP contribution in [0.5, 0.6) is 0 Å². The maximum absolute atomic E-state index is 12.5. The van der Waals surface area contributed by atoms with Gasteiger partial charge in [0.2, 0.25) is 0 Å². The van der Waals surface area contributed by atoms with Crippen LogP contribution >= 0.6 is 0 Å². The maximum Gasteiger partial charge on any atom is 0.307 e. The molecule has 2 saturated carbocycles. The summed E-state index contributed by atoms with van der Waals surface area (Å²) in [5.41, 5.74) is 1.17. The first-order chi connectivity index (χ1) is 14.6. The van der Waals surface area contributed by atoms with Crippen molar-refractivity contribution in [1.29, 1.82) is 0 Å². The Bertz CT molecular complexity index is 763. The van der Waals surface area contributed by atoms with Crippen molar-refractivity contribution in [2.24, 2.45) is 11.8 Å². The van der Waals surface area contributed by atoms with E-state index in [1.54, 1.807) is 0 Å². The first kappa shape index (κ1) is 23.8. The smallest absolute Gasteiger partial charge is 0.307 e. The Labute approximate surface area is 186 Å². The summed E-state index contributed by atoms with van der Waals surface area (Å²) in [6.45, 7) is 9.98. The number of nitrogens with zero attached hydrogens (tertiary/aromatic N) is 1. The Balaban J connectivity index is 1.75. The van der Waals surface area contributed by atoms with Crippen molar-refractivity contribution in [3.8, 4) is 0 Å². The monoisotopic (exact) mass is 433 g/mol. The first-order valence-corrected chi connectivity index (χ1v) is 12.0. The number of ether oxygens (including phenoxy) is 1. The first-order valence-electron chi connectivity index (χ1n) is 12.0. The molecule has 0 saturated heterocycles. The van der Waals surface area contributed by atoms with Crippen LogP contribution in [-0.4, -0.2) is 27.8 Å². The zero-order valence-electron chi connectivity index (χ0n) is 19.8. The molecule has 3 rings (SSSR count). The highest BCUT2D eigenvalue weighted by Crippen LogP contribution is 2.53. The lowest BCUT2D eigenvalue weighted by Gasteiger charge is -2.36. The van der Waals surface area contributed by atoms with Crippen LogP contribution in [0.3, 0.4) is 0 Å². The molecule has 6 heteroatoms. The van der Waals surface area contributed by atoms with Crippen molar-refractivity contribution in [2.45, 2.75) is 116 Å². The molecule has 1 unspecified atom stereocenters. The van der Waals surface area contributed by atoms with Gasteiger partial charge in [-0.15, -0.1) is 0 Å². The number of carbonyl (C=O) groups excluding carboxylic acids is 1. The number of rotatable bonds is 11. The maximum atomic E-state index is 12.5. The Morgan fingerprint density at radius 1 is 1.13 bits per heavy atom. The van der Waals surface area contributed by atoms with Crippen LogP contribution in [0.1, 0.15) is 127 Å². The summed E-state index contributed by atoms with van der Waals surface area (Å²) in [6, 6.07) is 0. The van der Waals surface area contributed by atoms with E-state index < -0.39 is 17.5 Å². The average Bonchev–Trinajstić information content (AvgIpc) is 3.37.